The van der Waals surface area contributed by atoms with Crippen LogP contribution in [0.25, 0.3) is 0 Å². The van der Waals surface area contributed by atoms with Crippen molar-refractivity contribution in [3.8, 4) is 0 Å². The highest BCUT2D eigenvalue weighted by atomic mass is 19.1. The molecule has 1 aliphatic rings. The van der Waals surface area contributed by atoms with Crippen molar-refractivity contribution in [2.75, 3.05) is 6.54 Å². The van der Waals surface area contributed by atoms with Gasteiger partial charge < -0.3 is 5.32 Å². The molecule has 88 valence electrons. The van der Waals surface area contributed by atoms with Crippen molar-refractivity contribution in [3.63, 3.8) is 0 Å². The van der Waals surface area contributed by atoms with Gasteiger partial charge >= 0.3 is 0 Å². The second-order valence-corrected chi connectivity index (χ2v) is 4.56. The molecule has 2 atom stereocenters. The molecule has 1 saturated heterocycles. The quantitative estimate of drug-likeness (QED) is 0.815. The summed E-state index contributed by atoms with van der Waals surface area (Å²) in [4.78, 5) is 0. The summed E-state index contributed by atoms with van der Waals surface area (Å²) in [5.74, 6) is -0.458. The molecule has 1 fully saturated rings. The van der Waals surface area contributed by atoms with Gasteiger partial charge in [0, 0.05) is 11.6 Å². The van der Waals surface area contributed by atoms with Crippen LogP contribution in [0.2, 0.25) is 0 Å². The number of alkyl halides is 1. The summed E-state index contributed by atoms with van der Waals surface area (Å²) in [5, 5.41) is 3.14. The monoisotopic (exact) mass is 225 g/mol. The molecular formula is C13H17F2N. The molecule has 0 radical (unpaired) electrons. The van der Waals surface area contributed by atoms with Gasteiger partial charge in [-0.15, -0.1) is 0 Å². The van der Waals surface area contributed by atoms with Crippen molar-refractivity contribution in [2.45, 2.75) is 37.9 Å². The van der Waals surface area contributed by atoms with E-state index in [9.17, 15) is 8.78 Å². The van der Waals surface area contributed by atoms with E-state index in [2.05, 4.69) is 5.32 Å². The average molecular weight is 225 g/mol. The Bertz CT molecular complexity index is 357. The van der Waals surface area contributed by atoms with E-state index in [4.69, 9.17) is 0 Å². The molecule has 1 aromatic carbocycles. The Balaban J connectivity index is 2.26. The number of hydrogen-bond donors (Lipinski definition) is 1. The first kappa shape index (κ1) is 11.5. The van der Waals surface area contributed by atoms with Gasteiger partial charge in [-0.1, -0.05) is 24.6 Å². The van der Waals surface area contributed by atoms with Crippen LogP contribution in [-0.4, -0.2) is 12.6 Å². The third kappa shape index (κ3) is 2.09. The molecule has 1 nitrogen and oxygen atoms in total. The molecule has 1 aromatic rings. The van der Waals surface area contributed by atoms with Crippen LogP contribution in [0, 0.1) is 5.82 Å². The first-order valence-corrected chi connectivity index (χ1v) is 5.79. The van der Waals surface area contributed by atoms with E-state index in [1.807, 2.05) is 0 Å². The third-order valence-electron chi connectivity index (χ3n) is 3.37. The van der Waals surface area contributed by atoms with E-state index in [0.717, 1.165) is 25.8 Å². The van der Waals surface area contributed by atoms with Crippen LogP contribution < -0.4 is 5.32 Å². The summed E-state index contributed by atoms with van der Waals surface area (Å²) < 4.78 is 28.2. The Morgan fingerprint density at radius 2 is 2.06 bits per heavy atom. The second kappa shape index (κ2) is 4.50. The van der Waals surface area contributed by atoms with Crippen LogP contribution >= 0.6 is 0 Å². The van der Waals surface area contributed by atoms with Crippen LogP contribution in [0.5, 0.6) is 0 Å². The summed E-state index contributed by atoms with van der Waals surface area (Å²) in [6, 6.07) is 5.84. The van der Waals surface area contributed by atoms with Crippen molar-refractivity contribution < 1.29 is 8.78 Å². The Labute approximate surface area is 94.9 Å². The number of nitrogens with one attached hydrogen (secondary N) is 1. The fourth-order valence-corrected chi connectivity index (χ4v) is 2.36. The lowest BCUT2D eigenvalue weighted by atomic mass is 9.85. The molecule has 16 heavy (non-hydrogen) atoms. The zero-order valence-corrected chi connectivity index (χ0v) is 9.47. The maximum Gasteiger partial charge on any atom is 0.151 e. The number of halogens is 2. The van der Waals surface area contributed by atoms with Gasteiger partial charge in [0.25, 0.3) is 0 Å². The van der Waals surface area contributed by atoms with E-state index < -0.39 is 11.5 Å². The predicted molar refractivity (Wildman–Crippen MR) is 60.5 cm³/mol. The molecule has 3 heteroatoms. The smallest absolute Gasteiger partial charge is 0.151 e. The number of piperidine rings is 1. The summed E-state index contributed by atoms with van der Waals surface area (Å²) in [5.41, 5.74) is -1.47. The SMILES string of the molecule is CC(F)(c1ccccc1F)C1CCCCN1. The standard InChI is InChI=1S/C13H17F2N/c1-13(15,12-8-4-5-9-16-12)10-6-2-3-7-11(10)14/h2-3,6-7,12,16H,4-5,8-9H2,1H3. The van der Waals surface area contributed by atoms with E-state index in [-0.39, 0.29) is 11.6 Å². The van der Waals surface area contributed by atoms with Crippen molar-refractivity contribution in [1.82, 2.24) is 5.32 Å². The number of benzene rings is 1. The summed E-state index contributed by atoms with van der Waals surface area (Å²) in [6.07, 6.45) is 2.84. The third-order valence-corrected chi connectivity index (χ3v) is 3.37. The fraction of sp³-hybridized carbons (Fsp3) is 0.538. The molecule has 1 heterocycles. The van der Waals surface area contributed by atoms with Gasteiger partial charge in [0.1, 0.15) is 5.82 Å². The lowest BCUT2D eigenvalue weighted by molar-refractivity contribution is 0.103. The van der Waals surface area contributed by atoms with Crippen molar-refractivity contribution in [3.05, 3.63) is 35.6 Å². The first-order chi connectivity index (χ1) is 7.62. The summed E-state index contributed by atoms with van der Waals surface area (Å²) >= 11 is 0. The molecule has 2 rings (SSSR count). The highest BCUT2D eigenvalue weighted by molar-refractivity contribution is 5.25. The molecule has 0 saturated carbocycles. The van der Waals surface area contributed by atoms with E-state index in [0.29, 0.717) is 0 Å². The van der Waals surface area contributed by atoms with E-state index in [1.54, 1.807) is 12.1 Å². The Kier molecular flexibility index (Phi) is 3.24. The molecule has 2 unspecified atom stereocenters. The molecule has 1 aliphatic heterocycles. The predicted octanol–water partition coefficient (Wildman–Crippen LogP) is 3.15. The van der Waals surface area contributed by atoms with Gasteiger partial charge in [-0.2, -0.15) is 0 Å². The minimum absolute atomic E-state index is 0.161. The first-order valence-electron chi connectivity index (χ1n) is 5.79. The second-order valence-electron chi connectivity index (χ2n) is 4.56. The Hall–Kier alpha value is -0.960. The maximum absolute atomic E-state index is 14.7. The molecule has 1 N–H and O–H groups in total. The van der Waals surface area contributed by atoms with Crippen LogP contribution in [0.3, 0.4) is 0 Å². The minimum Gasteiger partial charge on any atom is -0.311 e. The molecule has 0 aliphatic carbocycles. The van der Waals surface area contributed by atoms with Crippen molar-refractivity contribution in [2.24, 2.45) is 0 Å². The number of hydrogen-bond acceptors (Lipinski definition) is 1. The highest BCUT2D eigenvalue weighted by Crippen LogP contribution is 2.34. The lowest BCUT2D eigenvalue weighted by Gasteiger charge is -2.34. The maximum atomic E-state index is 14.7. The lowest BCUT2D eigenvalue weighted by Crippen LogP contribution is -2.47. The molecule has 0 spiro atoms. The fourth-order valence-electron chi connectivity index (χ4n) is 2.36. The van der Waals surface area contributed by atoms with Crippen molar-refractivity contribution in [1.29, 1.82) is 0 Å². The average Bonchev–Trinajstić information content (AvgIpc) is 2.30. The van der Waals surface area contributed by atoms with Crippen LogP contribution in [-0.2, 0) is 5.67 Å². The highest BCUT2D eigenvalue weighted by Gasteiger charge is 2.38. The van der Waals surface area contributed by atoms with Crippen LogP contribution in [0.1, 0.15) is 31.7 Å². The molecular weight excluding hydrogens is 208 g/mol. The molecule has 0 aromatic heterocycles. The largest absolute Gasteiger partial charge is 0.311 e. The van der Waals surface area contributed by atoms with Gasteiger partial charge in [-0.05, 0) is 32.4 Å². The van der Waals surface area contributed by atoms with Crippen molar-refractivity contribution >= 4 is 0 Å². The summed E-state index contributed by atoms with van der Waals surface area (Å²) in [6.45, 7) is 2.28. The van der Waals surface area contributed by atoms with Gasteiger partial charge in [-0.3, -0.25) is 0 Å². The number of rotatable bonds is 2. The van der Waals surface area contributed by atoms with Gasteiger partial charge in [0.05, 0.1) is 0 Å². The topological polar surface area (TPSA) is 12.0 Å². The van der Waals surface area contributed by atoms with Gasteiger partial charge in [-0.25, -0.2) is 8.78 Å². The van der Waals surface area contributed by atoms with Crippen LogP contribution in [0.15, 0.2) is 24.3 Å². The zero-order valence-electron chi connectivity index (χ0n) is 9.47. The van der Waals surface area contributed by atoms with Gasteiger partial charge in [0.15, 0.2) is 5.67 Å². The minimum atomic E-state index is -1.63. The van der Waals surface area contributed by atoms with Gasteiger partial charge in [0.2, 0.25) is 0 Å². The molecule has 0 bridgehead atoms. The van der Waals surface area contributed by atoms with Crippen LogP contribution in [0.4, 0.5) is 8.78 Å². The zero-order chi connectivity index (χ0) is 11.6. The Morgan fingerprint density at radius 1 is 1.31 bits per heavy atom. The normalized spacial score (nSPS) is 25.1. The van der Waals surface area contributed by atoms with E-state index in [1.165, 1.54) is 19.1 Å². The summed E-state index contributed by atoms with van der Waals surface area (Å²) in [7, 11) is 0. The molecule has 0 amide bonds. The Morgan fingerprint density at radius 3 is 2.69 bits per heavy atom. The van der Waals surface area contributed by atoms with E-state index >= 15 is 0 Å².